The number of benzene rings is 4. The summed E-state index contributed by atoms with van der Waals surface area (Å²) >= 11 is -2.62. The number of rotatable bonds is 2. The molecule has 2 nitrogen and oxygen atoms in total. The molecule has 2 aliphatic rings. The van der Waals surface area contributed by atoms with E-state index in [0.29, 0.717) is 0 Å². The van der Waals surface area contributed by atoms with Gasteiger partial charge in [-0.3, -0.25) is 0 Å². The second-order valence-electron chi connectivity index (χ2n) is 11.2. The summed E-state index contributed by atoms with van der Waals surface area (Å²) in [5.41, 5.74) is 17.1. The molecule has 5 heteroatoms. The van der Waals surface area contributed by atoms with Gasteiger partial charge in [0.25, 0.3) is 0 Å². The Kier molecular flexibility index (Phi) is 6.65. The third-order valence-electron chi connectivity index (χ3n) is 9.29. The van der Waals surface area contributed by atoms with E-state index in [0.717, 1.165) is 12.8 Å². The standard InChI is InChI=1S/2C17H14N.CH2.2ClH.Zr/c2*1-11-7-8-15-14(9-11)17-13-6-4-3-5-12(13)10-16(17)18(15)2;;;;/h2*3-8H,10H2,1-2H3;1H2;2*1H;/q;;;;;+2/p-2. The van der Waals surface area contributed by atoms with Gasteiger partial charge in [0.1, 0.15) is 0 Å². The molecule has 0 unspecified atom stereocenters. The van der Waals surface area contributed by atoms with E-state index in [2.05, 4.69) is 110 Å². The molecule has 4 aromatic carbocycles. The quantitative estimate of drug-likeness (QED) is 0.260. The smallest absolute Gasteiger partial charge is 1.00 e. The van der Waals surface area contributed by atoms with E-state index < -0.39 is 21.3 Å². The normalized spacial score (nSPS) is 12.3. The van der Waals surface area contributed by atoms with Crippen molar-refractivity contribution >= 4 is 32.6 Å². The molecule has 0 bridgehead atoms. The van der Waals surface area contributed by atoms with Crippen molar-refractivity contribution < 1.29 is 46.1 Å². The molecular formula is C35H30Cl2N2Zr. The van der Waals surface area contributed by atoms with Gasteiger partial charge in [0, 0.05) is 0 Å². The van der Waals surface area contributed by atoms with Gasteiger partial charge in [-0.05, 0) is 0 Å². The van der Waals surface area contributed by atoms with Gasteiger partial charge in [-0.25, -0.2) is 0 Å². The molecule has 2 aliphatic carbocycles. The van der Waals surface area contributed by atoms with Crippen LogP contribution in [0.2, 0.25) is 0 Å². The van der Waals surface area contributed by atoms with Crippen LogP contribution in [0, 0.1) is 13.8 Å². The zero-order valence-electron chi connectivity index (χ0n) is 23.2. The molecule has 0 radical (unpaired) electrons. The SMILES string of the molecule is [CH2]=[Zr+2]([c]1c(C)ccc2c1c1c(n2C)Cc2ccccc2-1)[c]1c(C)ccc2c1c1c(n2C)Cc2ccccc2-1.[Cl-].[Cl-]. The maximum absolute atomic E-state index is 5.16. The molecule has 198 valence electrons. The van der Waals surface area contributed by atoms with Gasteiger partial charge in [0.2, 0.25) is 0 Å². The first-order valence-electron chi connectivity index (χ1n) is 13.5. The minimum Gasteiger partial charge on any atom is -1.00 e. The third-order valence-corrected chi connectivity index (χ3v) is 15.4. The number of hydrogen-bond donors (Lipinski definition) is 0. The second-order valence-corrected chi connectivity index (χ2v) is 16.0. The summed E-state index contributed by atoms with van der Waals surface area (Å²) in [6.07, 6.45) is 2.03. The van der Waals surface area contributed by atoms with E-state index in [9.17, 15) is 0 Å². The van der Waals surface area contributed by atoms with Gasteiger partial charge in [-0.2, -0.15) is 0 Å². The van der Waals surface area contributed by atoms with Crippen LogP contribution in [0.25, 0.3) is 44.1 Å². The molecular weight excluding hydrogens is 611 g/mol. The third kappa shape index (κ3) is 3.47. The Bertz CT molecular complexity index is 1900. The van der Waals surface area contributed by atoms with Gasteiger partial charge >= 0.3 is 232 Å². The van der Waals surface area contributed by atoms with Gasteiger partial charge in [-0.1, -0.05) is 0 Å². The number of halogens is 2. The molecule has 2 heterocycles. The largest absolute Gasteiger partial charge is 1.00 e. The summed E-state index contributed by atoms with van der Waals surface area (Å²) in [6.45, 7) is 4.64. The van der Waals surface area contributed by atoms with Crippen LogP contribution >= 0.6 is 0 Å². The van der Waals surface area contributed by atoms with Crippen molar-refractivity contribution in [3.8, 4) is 22.3 Å². The minimum atomic E-state index is -2.62. The maximum atomic E-state index is 5.16. The van der Waals surface area contributed by atoms with E-state index >= 15 is 0 Å². The predicted molar refractivity (Wildman–Crippen MR) is 158 cm³/mol. The van der Waals surface area contributed by atoms with Gasteiger partial charge in [-0.15, -0.1) is 0 Å². The Balaban J connectivity index is 0.00000145. The molecule has 0 N–H and O–H groups in total. The molecule has 0 saturated carbocycles. The fourth-order valence-corrected chi connectivity index (χ4v) is 13.6. The maximum Gasteiger partial charge on any atom is -1.00 e. The Morgan fingerprint density at radius 2 is 1.00 bits per heavy atom. The molecule has 40 heavy (non-hydrogen) atoms. The number of aryl methyl sites for hydroxylation is 4. The average molecular weight is 641 g/mol. The van der Waals surface area contributed by atoms with Crippen molar-refractivity contribution in [3.05, 3.63) is 106 Å². The summed E-state index contributed by atoms with van der Waals surface area (Å²) in [4.78, 5) is 0. The van der Waals surface area contributed by atoms with Crippen LogP contribution in [0.1, 0.15) is 33.6 Å². The van der Waals surface area contributed by atoms with Crippen LogP contribution < -0.4 is 31.4 Å². The van der Waals surface area contributed by atoms with Crippen molar-refractivity contribution in [1.29, 1.82) is 0 Å². The van der Waals surface area contributed by atoms with Crippen molar-refractivity contribution in [1.82, 2.24) is 9.13 Å². The van der Waals surface area contributed by atoms with Gasteiger partial charge in [0.15, 0.2) is 0 Å². The van der Waals surface area contributed by atoms with Crippen LogP contribution in [-0.4, -0.2) is 13.3 Å². The van der Waals surface area contributed by atoms with Gasteiger partial charge in [0.05, 0.1) is 0 Å². The number of hydrogen-bond acceptors (Lipinski definition) is 0. The topological polar surface area (TPSA) is 9.86 Å². The Morgan fingerprint density at radius 1 is 0.600 bits per heavy atom. The monoisotopic (exact) mass is 638 g/mol. The minimum absolute atomic E-state index is 0. The van der Waals surface area contributed by atoms with E-state index in [-0.39, 0.29) is 24.8 Å². The zero-order valence-corrected chi connectivity index (χ0v) is 27.2. The molecule has 2 aromatic heterocycles. The van der Waals surface area contributed by atoms with E-state index in [1.54, 1.807) is 6.54 Å². The van der Waals surface area contributed by atoms with Crippen LogP contribution in [0.5, 0.6) is 0 Å². The summed E-state index contributed by atoms with van der Waals surface area (Å²) in [5.74, 6) is 0. The molecule has 0 saturated heterocycles. The summed E-state index contributed by atoms with van der Waals surface area (Å²) < 4.78 is 13.2. The summed E-state index contributed by atoms with van der Waals surface area (Å²) in [6, 6.07) is 27.4. The molecule has 0 spiro atoms. The first kappa shape index (κ1) is 27.5. The zero-order chi connectivity index (χ0) is 25.9. The molecule has 6 aromatic rings. The van der Waals surface area contributed by atoms with E-state index in [1.165, 1.54) is 77.7 Å². The van der Waals surface area contributed by atoms with Crippen molar-refractivity contribution in [2.45, 2.75) is 26.7 Å². The molecule has 0 fully saturated rings. The number of fused-ring (bicyclic) bond motifs is 10. The Labute approximate surface area is 255 Å². The van der Waals surface area contributed by atoms with Crippen molar-refractivity contribution in [2.75, 3.05) is 0 Å². The fourth-order valence-electron chi connectivity index (χ4n) is 7.47. The van der Waals surface area contributed by atoms with Crippen molar-refractivity contribution in [2.24, 2.45) is 14.1 Å². The summed E-state index contributed by atoms with van der Waals surface area (Å²) in [5, 5.41) is 2.95. The average Bonchev–Trinajstić information content (AvgIpc) is 3.63. The Morgan fingerprint density at radius 3 is 1.43 bits per heavy atom. The predicted octanol–water partition coefficient (Wildman–Crippen LogP) is 0.438. The Hall–Kier alpha value is -2.71. The fraction of sp³-hybridized carbons (Fsp3) is 0.171. The van der Waals surface area contributed by atoms with Crippen LogP contribution in [0.15, 0.2) is 72.8 Å². The molecule has 8 rings (SSSR count). The first-order valence-corrected chi connectivity index (χ1v) is 17.7. The molecule has 0 amide bonds. The van der Waals surface area contributed by atoms with Crippen LogP contribution in [0.4, 0.5) is 0 Å². The number of nitrogens with zero attached hydrogens (tertiary/aromatic N) is 2. The summed E-state index contributed by atoms with van der Waals surface area (Å²) in [7, 11) is 4.51. The van der Waals surface area contributed by atoms with Crippen LogP contribution in [-0.2, 0) is 48.2 Å². The number of aromatic nitrogens is 2. The van der Waals surface area contributed by atoms with E-state index in [4.69, 9.17) is 4.21 Å². The first-order chi connectivity index (χ1) is 18.5. The van der Waals surface area contributed by atoms with Crippen LogP contribution in [0.3, 0.4) is 0 Å². The second kappa shape index (κ2) is 9.69. The molecule has 0 atom stereocenters. The van der Waals surface area contributed by atoms with Crippen molar-refractivity contribution in [3.63, 3.8) is 0 Å². The van der Waals surface area contributed by atoms with E-state index in [1.807, 2.05) is 0 Å². The molecule has 0 aliphatic heterocycles. The van der Waals surface area contributed by atoms with Gasteiger partial charge < -0.3 is 24.8 Å².